The Morgan fingerprint density at radius 1 is 1.25 bits per heavy atom. The highest BCUT2D eigenvalue weighted by atomic mass is 32.2. The number of rotatable bonds is 8. The number of thioether (sulfide) groups is 1. The Hall–Kier alpha value is -2.48. The molecule has 1 N–H and O–H groups in total. The molecule has 4 rings (SSSR count). The van der Waals surface area contributed by atoms with Crippen LogP contribution in [0.15, 0.2) is 34.6 Å². The van der Waals surface area contributed by atoms with Crippen molar-refractivity contribution in [3.8, 4) is 11.5 Å². The predicted molar refractivity (Wildman–Crippen MR) is 127 cm³/mol. The lowest BCUT2D eigenvalue weighted by molar-refractivity contribution is -0.118. The molecule has 1 aromatic heterocycles. The molecule has 7 nitrogen and oxygen atoms in total. The monoisotopic (exact) mass is 456 g/mol. The van der Waals surface area contributed by atoms with Crippen LogP contribution in [-0.4, -0.2) is 40.0 Å². The second kappa shape index (κ2) is 9.17. The summed E-state index contributed by atoms with van der Waals surface area (Å²) in [6, 6.07) is 5.51. The van der Waals surface area contributed by atoms with Crippen LogP contribution in [0.2, 0.25) is 0 Å². The SMILES string of the molecule is CCCCSc1nc2n(n1)[C@@H](c1ccc(OCC)c(OC)c1)C1=C(CC(C)(C)CC1=O)N2. The largest absolute Gasteiger partial charge is 0.493 e. The van der Waals surface area contributed by atoms with Gasteiger partial charge < -0.3 is 14.8 Å². The summed E-state index contributed by atoms with van der Waals surface area (Å²) in [6.45, 7) is 8.94. The molecule has 172 valence electrons. The number of nitrogens with one attached hydrogen (secondary N) is 1. The fourth-order valence-corrected chi connectivity index (χ4v) is 5.31. The Morgan fingerprint density at radius 2 is 2.06 bits per heavy atom. The van der Waals surface area contributed by atoms with Crippen molar-refractivity contribution >= 4 is 23.5 Å². The van der Waals surface area contributed by atoms with E-state index in [-0.39, 0.29) is 17.2 Å². The highest BCUT2D eigenvalue weighted by molar-refractivity contribution is 7.99. The summed E-state index contributed by atoms with van der Waals surface area (Å²) < 4.78 is 13.2. The van der Waals surface area contributed by atoms with Crippen LogP contribution < -0.4 is 14.8 Å². The molecule has 0 saturated carbocycles. The van der Waals surface area contributed by atoms with Gasteiger partial charge in [0.1, 0.15) is 6.04 Å². The van der Waals surface area contributed by atoms with Gasteiger partial charge in [-0.05, 0) is 42.9 Å². The molecule has 1 atom stereocenters. The number of allylic oxidation sites excluding steroid dienone is 2. The predicted octanol–water partition coefficient (Wildman–Crippen LogP) is 5.24. The third kappa shape index (κ3) is 4.37. The van der Waals surface area contributed by atoms with Crippen molar-refractivity contribution in [1.82, 2.24) is 14.8 Å². The first kappa shape index (κ1) is 22.7. The molecule has 0 saturated heterocycles. The number of methoxy groups -OCH3 is 1. The van der Waals surface area contributed by atoms with Crippen molar-refractivity contribution in [2.45, 2.75) is 64.6 Å². The van der Waals surface area contributed by atoms with Crippen LogP contribution in [0.5, 0.6) is 11.5 Å². The minimum atomic E-state index is -0.345. The fraction of sp³-hybridized carbons (Fsp3) is 0.542. The lowest BCUT2D eigenvalue weighted by atomic mass is 9.73. The summed E-state index contributed by atoms with van der Waals surface area (Å²) in [7, 11) is 1.63. The number of hydrogen-bond acceptors (Lipinski definition) is 7. The van der Waals surface area contributed by atoms with Crippen molar-refractivity contribution in [3.63, 3.8) is 0 Å². The van der Waals surface area contributed by atoms with Crippen LogP contribution >= 0.6 is 11.8 Å². The molecule has 2 heterocycles. The first-order valence-electron chi connectivity index (χ1n) is 11.3. The number of ether oxygens (including phenoxy) is 2. The average molecular weight is 457 g/mol. The number of carbonyl (C=O) groups is 1. The maximum Gasteiger partial charge on any atom is 0.227 e. The minimum Gasteiger partial charge on any atom is -0.493 e. The van der Waals surface area contributed by atoms with Gasteiger partial charge in [-0.1, -0.05) is 45.0 Å². The number of unbranched alkanes of at least 4 members (excludes halogenated alkanes) is 1. The van der Waals surface area contributed by atoms with Crippen molar-refractivity contribution < 1.29 is 14.3 Å². The average Bonchev–Trinajstić information content (AvgIpc) is 3.14. The molecule has 2 aromatic rings. The Kier molecular flexibility index (Phi) is 6.51. The summed E-state index contributed by atoms with van der Waals surface area (Å²) >= 11 is 1.66. The van der Waals surface area contributed by atoms with Gasteiger partial charge in [0.05, 0.1) is 13.7 Å². The molecule has 0 amide bonds. The Labute approximate surface area is 194 Å². The summed E-state index contributed by atoms with van der Waals surface area (Å²) in [5.41, 5.74) is 2.57. The third-order valence-electron chi connectivity index (χ3n) is 5.84. The molecule has 0 unspecified atom stereocenters. The van der Waals surface area contributed by atoms with E-state index in [0.29, 0.717) is 30.5 Å². The molecule has 1 aliphatic heterocycles. The number of fused-ring (bicyclic) bond motifs is 1. The number of anilines is 1. The first-order chi connectivity index (χ1) is 15.4. The number of aromatic nitrogens is 3. The van der Waals surface area contributed by atoms with E-state index in [1.54, 1.807) is 18.9 Å². The van der Waals surface area contributed by atoms with Gasteiger partial charge in [0.2, 0.25) is 11.1 Å². The lowest BCUT2D eigenvalue weighted by Gasteiger charge is -2.38. The van der Waals surface area contributed by atoms with Gasteiger partial charge in [-0.25, -0.2) is 4.68 Å². The van der Waals surface area contributed by atoms with E-state index in [1.165, 1.54) is 0 Å². The van der Waals surface area contributed by atoms with Gasteiger partial charge in [0.15, 0.2) is 17.3 Å². The van der Waals surface area contributed by atoms with Crippen molar-refractivity contribution in [2.75, 3.05) is 24.8 Å². The molecule has 32 heavy (non-hydrogen) atoms. The topological polar surface area (TPSA) is 78.3 Å². The maximum absolute atomic E-state index is 13.4. The van der Waals surface area contributed by atoms with Crippen molar-refractivity contribution in [3.05, 3.63) is 35.0 Å². The zero-order valence-corrected chi connectivity index (χ0v) is 20.3. The summed E-state index contributed by atoms with van der Waals surface area (Å²) in [5, 5.41) is 8.97. The number of nitrogens with zero attached hydrogens (tertiary/aromatic N) is 3. The Bertz CT molecular complexity index is 1040. The normalized spacial score (nSPS) is 19.3. The van der Waals surface area contributed by atoms with E-state index < -0.39 is 0 Å². The van der Waals surface area contributed by atoms with Crippen molar-refractivity contribution in [2.24, 2.45) is 5.41 Å². The van der Waals surface area contributed by atoms with Crippen LogP contribution in [0, 0.1) is 5.41 Å². The molecule has 0 radical (unpaired) electrons. The van der Waals surface area contributed by atoms with Gasteiger partial charge in [-0.2, -0.15) is 4.98 Å². The van der Waals surface area contributed by atoms with E-state index in [4.69, 9.17) is 19.6 Å². The molecule has 0 spiro atoms. The standard InChI is InChI=1S/C24H32N4O3S/c1-6-8-11-32-23-26-22-25-16-13-24(3,4)14-17(29)20(16)21(28(22)27-23)15-9-10-18(31-7-2)19(12-15)30-5/h9-10,12,21H,6-8,11,13-14H2,1-5H3,(H,25,26,27)/t21-/m0/s1. The highest BCUT2D eigenvalue weighted by Crippen LogP contribution is 2.46. The fourth-order valence-electron chi connectivity index (χ4n) is 4.40. The van der Waals surface area contributed by atoms with Crippen LogP contribution in [-0.2, 0) is 4.79 Å². The van der Waals surface area contributed by atoms with Gasteiger partial charge in [0.25, 0.3) is 0 Å². The maximum atomic E-state index is 13.4. The number of ketones is 1. The Morgan fingerprint density at radius 3 is 2.78 bits per heavy atom. The third-order valence-corrected chi connectivity index (χ3v) is 6.77. The summed E-state index contributed by atoms with van der Waals surface area (Å²) in [5.74, 6) is 3.15. The zero-order valence-electron chi connectivity index (χ0n) is 19.5. The van der Waals surface area contributed by atoms with Gasteiger partial charge >= 0.3 is 0 Å². The zero-order chi connectivity index (χ0) is 22.9. The number of Topliss-reactive ketones (excluding diaryl/α,β-unsaturated/α-hetero) is 1. The van der Waals surface area contributed by atoms with Crippen LogP contribution in [0.1, 0.15) is 65.0 Å². The second-order valence-electron chi connectivity index (χ2n) is 9.07. The van der Waals surface area contributed by atoms with E-state index in [0.717, 1.165) is 47.0 Å². The molecule has 0 bridgehead atoms. The smallest absolute Gasteiger partial charge is 0.227 e. The quantitative estimate of drug-likeness (QED) is 0.430. The van der Waals surface area contributed by atoms with Gasteiger partial charge in [0, 0.05) is 23.4 Å². The molecule has 2 aliphatic rings. The van der Waals surface area contributed by atoms with E-state index in [2.05, 4.69) is 26.1 Å². The van der Waals surface area contributed by atoms with Crippen LogP contribution in [0.3, 0.4) is 0 Å². The molecule has 0 fully saturated rings. The lowest BCUT2D eigenvalue weighted by Crippen LogP contribution is -2.36. The highest BCUT2D eigenvalue weighted by Gasteiger charge is 2.42. The van der Waals surface area contributed by atoms with Gasteiger partial charge in [-0.15, -0.1) is 5.10 Å². The molecule has 1 aromatic carbocycles. The minimum absolute atomic E-state index is 0.0924. The summed E-state index contributed by atoms with van der Waals surface area (Å²) in [4.78, 5) is 18.1. The Balaban J connectivity index is 1.80. The van der Waals surface area contributed by atoms with Gasteiger partial charge in [-0.3, -0.25) is 4.79 Å². The molecular formula is C24H32N4O3S. The van der Waals surface area contributed by atoms with E-state index in [9.17, 15) is 4.79 Å². The first-order valence-corrected chi connectivity index (χ1v) is 12.3. The van der Waals surface area contributed by atoms with Crippen LogP contribution in [0.4, 0.5) is 5.95 Å². The second-order valence-corrected chi connectivity index (χ2v) is 10.1. The molecule has 1 aliphatic carbocycles. The molecular weight excluding hydrogens is 424 g/mol. The van der Waals surface area contributed by atoms with Crippen LogP contribution in [0.25, 0.3) is 0 Å². The summed E-state index contributed by atoms with van der Waals surface area (Å²) in [6.07, 6.45) is 3.56. The van der Waals surface area contributed by atoms with E-state index >= 15 is 0 Å². The van der Waals surface area contributed by atoms with E-state index in [1.807, 2.05) is 29.8 Å². The number of carbonyl (C=O) groups excluding carboxylic acids is 1. The number of hydrogen-bond donors (Lipinski definition) is 1. The van der Waals surface area contributed by atoms with Crippen molar-refractivity contribution in [1.29, 1.82) is 0 Å². The molecule has 8 heteroatoms. The number of benzene rings is 1.